The Balaban J connectivity index is 0.667. The van der Waals surface area contributed by atoms with Gasteiger partial charge in [0.2, 0.25) is 11.8 Å². The largest absolute Gasteiger partial charge is 0.508 e. The van der Waals surface area contributed by atoms with Gasteiger partial charge >= 0.3 is 12.1 Å². The van der Waals surface area contributed by atoms with Crippen molar-refractivity contribution in [2.45, 2.75) is 74.7 Å². The highest BCUT2D eigenvalue weighted by Crippen LogP contribution is 2.45. The molecule has 3 unspecified atom stereocenters. The summed E-state index contributed by atoms with van der Waals surface area (Å²) in [5, 5.41) is 23.4. The van der Waals surface area contributed by atoms with Crippen molar-refractivity contribution in [3.8, 4) is 35.4 Å². The zero-order valence-electron chi connectivity index (χ0n) is 42.0. The number of piperazine rings is 1. The van der Waals surface area contributed by atoms with Crippen LogP contribution in [0.1, 0.15) is 71.2 Å². The zero-order chi connectivity index (χ0) is 53.5. The molecule has 0 saturated carbocycles. The van der Waals surface area contributed by atoms with Gasteiger partial charge in [0.25, 0.3) is 11.8 Å². The van der Waals surface area contributed by atoms with Crippen molar-refractivity contribution in [3.05, 3.63) is 89.1 Å². The number of nitrogens with zero attached hydrogens (tertiary/aromatic N) is 6. The molecule has 0 spiro atoms. The number of hydrogen-bond donors (Lipinski definition) is 5. The third-order valence-corrected chi connectivity index (χ3v) is 15.4. The lowest BCUT2D eigenvalue weighted by molar-refractivity contribution is -0.136. The van der Waals surface area contributed by atoms with Gasteiger partial charge in [-0.05, 0) is 74.2 Å². The minimum atomic E-state index is -1.06. The van der Waals surface area contributed by atoms with Crippen molar-refractivity contribution in [3.63, 3.8) is 0 Å². The van der Waals surface area contributed by atoms with Crippen LogP contribution >= 0.6 is 0 Å². The maximum atomic E-state index is 17.2. The fraction of sp³-hybridized carbons (Fsp3) is 0.418. The molecule has 20 nitrogen and oxygen atoms in total. The Kier molecular flexibility index (Phi) is 14.2. The first-order valence-corrected chi connectivity index (χ1v) is 25.8. The summed E-state index contributed by atoms with van der Waals surface area (Å²) < 4.78 is 55.8. The number of terminal acetylenes is 1. The fourth-order valence-corrected chi connectivity index (χ4v) is 11.9. The van der Waals surface area contributed by atoms with Gasteiger partial charge in [-0.25, -0.2) is 13.6 Å². The summed E-state index contributed by atoms with van der Waals surface area (Å²) in [6.45, 7) is 7.87. The number of aromatic hydroxyl groups is 1. The Bertz CT molecular complexity index is 3290. The van der Waals surface area contributed by atoms with Gasteiger partial charge < -0.3 is 44.9 Å². The van der Waals surface area contributed by atoms with E-state index in [1.54, 1.807) is 12.1 Å². The molecule has 5 N–H and O–H groups in total. The van der Waals surface area contributed by atoms with Crippen LogP contribution in [-0.2, 0) is 23.8 Å². The maximum Gasteiger partial charge on any atom is 0.407 e. The van der Waals surface area contributed by atoms with Crippen molar-refractivity contribution in [1.82, 2.24) is 40.7 Å². The number of alkyl carbamates (subject to hydrolysis) is 1. The minimum Gasteiger partial charge on any atom is -0.508 e. The molecule has 8 heterocycles. The van der Waals surface area contributed by atoms with Crippen molar-refractivity contribution in [1.29, 1.82) is 0 Å². The number of benzene rings is 3. The molecule has 11 rings (SSSR count). The number of fused-ring (bicyclic) bond motifs is 6. The van der Waals surface area contributed by atoms with Gasteiger partial charge in [-0.2, -0.15) is 9.97 Å². The number of aromatic nitrogens is 3. The number of ether oxygens (including phenoxy) is 4. The molecule has 5 atom stereocenters. The monoisotopic (exact) mass is 1050 g/mol. The van der Waals surface area contributed by atoms with E-state index in [2.05, 4.69) is 53.5 Å². The Morgan fingerprint density at radius 2 is 1.75 bits per heavy atom. The van der Waals surface area contributed by atoms with Crippen molar-refractivity contribution in [2.24, 2.45) is 0 Å². The molecule has 2 aromatic heterocycles. The van der Waals surface area contributed by atoms with Crippen LogP contribution in [0.4, 0.5) is 25.1 Å². The number of piperidine rings is 1. The summed E-state index contributed by atoms with van der Waals surface area (Å²) in [6, 6.07) is 9.50. The van der Waals surface area contributed by atoms with Crippen LogP contribution in [0.2, 0.25) is 0 Å². The van der Waals surface area contributed by atoms with Crippen LogP contribution in [0.5, 0.6) is 11.8 Å². The summed E-state index contributed by atoms with van der Waals surface area (Å²) in [5.41, 5.74) is 1.06. The summed E-state index contributed by atoms with van der Waals surface area (Å²) in [5.74, 6) is -1.09. The molecule has 5 saturated heterocycles. The maximum absolute atomic E-state index is 17.2. The number of phenolic OH excluding ortho intramolecular Hbond substituents is 1. The highest BCUT2D eigenvalue weighted by atomic mass is 19.1. The van der Waals surface area contributed by atoms with Crippen LogP contribution in [0.15, 0.2) is 60.8 Å². The van der Waals surface area contributed by atoms with E-state index in [4.69, 9.17) is 30.4 Å². The quantitative estimate of drug-likeness (QED) is 0.0350. The topological polar surface area (TPSA) is 239 Å². The molecule has 77 heavy (non-hydrogen) atoms. The fourth-order valence-electron chi connectivity index (χ4n) is 11.9. The molecule has 22 heteroatoms. The molecule has 400 valence electrons. The molecular weight excluding hydrogens is 999 g/mol. The highest BCUT2D eigenvalue weighted by Gasteiger charge is 2.52. The summed E-state index contributed by atoms with van der Waals surface area (Å²) in [4.78, 5) is 82.8. The molecule has 6 aliphatic heterocycles. The first-order chi connectivity index (χ1) is 37.3. The third kappa shape index (κ3) is 9.95. The SMILES string of the molecule is C#Cc1c(F)ccc2cc(O)cc(-c3ncc4c(N5CC6CCC(C5)N6)nc(OC[C@@]56CC[C@@H](COC(=O)NCCOCCOCCNc7cccc8c7C(=O)N(C7CCC(=O)NC7=O)C8=O)N5CC(=C)C6)nc4c3F)c12. The number of halogens is 2. The lowest BCUT2D eigenvalue weighted by Gasteiger charge is -2.35. The second-order valence-corrected chi connectivity index (χ2v) is 20.3. The number of amides is 5. The lowest BCUT2D eigenvalue weighted by Crippen LogP contribution is -2.54. The standard InChI is InChI=1S/C55H56F2N10O10/c1-3-36-40(56)10-7-31-21-35(68)22-38(44(31)36)47-46(57)48-39(24-60-47)49(65-26-32-8-9-33(27-65)61-32)64-53(63-48)77-29-55-14-13-34(66(55)25-30(2)23-55)28-76-54(73)59-16-18-75-20-19-74-17-15-58-41-6-4-5-37-45(41)52(72)67(51(37)71)42-11-12-43(69)62-50(42)70/h1,4-7,10,21-22,24,32-34,42,58,61,68H,2,8-9,11-20,23,25-29H2,(H,59,73)(H,62,69,70)/t32?,33?,34-,42?,55-/m0/s1. The number of imide groups is 2. The van der Waals surface area contributed by atoms with Crippen LogP contribution in [0.3, 0.4) is 0 Å². The van der Waals surface area contributed by atoms with E-state index in [1.807, 2.05) is 0 Å². The Morgan fingerprint density at radius 3 is 2.53 bits per heavy atom. The second-order valence-electron chi connectivity index (χ2n) is 20.3. The van der Waals surface area contributed by atoms with E-state index in [0.717, 1.165) is 23.3 Å². The molecule has 6 aliphatic rings. The molecule has 5 aromatic rings. The smallest absolute Gasteiger partial charge is 0.407 e. The van der Waals surface area contributed by atoms with E-state index in [-0.39, 0.29) is 128 Å². The number of carbonyl (C=O) groups excluding carboxylic acids is 5. The van der Waals surface area contributed by atoms with Gasteiger partial charge in [-0.1, -0.05) is 30.2 Å². The molecule has 0 aliphatic carbocycles. The van der Waals surface area contributed by atoms with Gasteiger partial charge in [0.1, 0.15) is 47.9 Å². The predicted molar refractivity (Wildman–Crippen MR) is 276 cm³/mol. The molecular formula is C55H56F2N10O10. The van der Waals surface area contributed by atoms with E-state index < -0.39 is 52.9 Å². The van der Waals surface area contributed by atoms with Crippen molar-refractivity contribution < 1.29 is 56.8 Å². The van der Waals surface area contributed by atoms with Gasteiger partial charge in [-0.3, -0.25) is 39.3 Å². The van der Waals surface area contributed by atoms with Gasteiger partial charge in [0.05, 0.1) is 54.0 Å². The minimum absolute atomic E-state index is 0.0317. The number of anilines is 2. The van der Waals surface area contributed by atoms with Crippen LogP contribution in [0.25, 0.3) is 32.9 Å². The Labute approximate surface area is 440 Å². The van der Waals surface area contributed by atoms with E-state index in [0.29, 0.717) is 67.7 Å². The number of nitrogens with one attached hydrogen (secondary N) is 4. The van der Waals surface area contributed by atoms with Gasteiger partial charge in [-0.15, -0.1) is 6.42 Å². The molecule has 3 aromatic carbocycles. The van der Waals surface area contributed by atoms with E-state index >= 15 is 8.78 Å². The van der Waals surface area contributed by atoms with Crippen LogP contribution in [0, 0.1) is 24.0 Å². The first-order valence-electron chi connectivity index (χ1n) is 25.8. The summed E-state index contributed by atoms with van der Waals surface area (Å²) in [7, 11) is 0. The average molecular weight is 1060 g/mol. The molecule has 5 amide bonds. The number of pyridine rings is 1. The summed E-state index contributed by atoms with van der Waals surface area (Å²) >= 11 is 0. The van der Waals surface area contributed by atoms with E-state index in [9.17, 15) is 29.1 Å². The highest BCUT2D eigenvalue weighted by molar-refractivity contribution is 6.25. The zero-order valence-corrected chi connectivity index (χ0v) is 42.0. The van der Waals surface area contributed by atoms with E-state index in [1.165, 1.54) is 36.5 Å². The number of phenols is 1. The summed E-state index contributed by atoms with van der Waals surface area (Å²) in [6.07, 6.45) is 10.8. The molecule has 2 bridgehead atoms. The van der Waals surface area contributed by atoms with Gasteiger partial charge in [0, 0.05) is 80.1 Å². The van der Waals surface area contributed by atoms with Crippen LogP contribution in [-0.4, -0.2) is 162 Å². The number of carbonyl (C=O) groups is 5. The second kappa shape index (κ2) is 21.3. The Hall–Kier alpha value is -7.84. The third-order valence-electron chi connectivity index (χ3n) is 15.4. The van der Waals surface area contributed by atoms with Crippen molar-refractivity contribution >= 4 is 62.9 Å². The van der Waals surface area contributed by atoms with Gasteiger partial charge in [0.15, 0.2) is 5.82 Å². The lowest BCUT2D eigenvalue weighted by atomic mass is 9.94. The Morgan fingerprint density at radius 1 is 0.961 bits per heavy atom. The predicted octanol–water partition coefficient (Wildman–Crippen LogP) is 4.57. The number of hydrogen-bond acceptors (Lipinski definition) is 17. The normalized spacial score (nSPS) is 22.9. The van der Waals surface area contributed by atoms with Crippen molar-refractivity contribution in [2.75, 3.05) is 82.6 Å². The number of rotatable bonds is 18. The first kappa shape index (κ1) is 51.3. The van der Waals surface area contributed by atoms with Crippen LogP contribution < -0.4 is 30.9 Å². The molecule has 5 fully saturated rings. The molecule has 0 radical (unpaired) electrons. The average Bonchev–Trinajstić information content (AvgIpc) is 4.26.